The van der Waals surface area contributed by atoms with Gasteiger partial charge < -0.3 is 5.11 Å². The van der Waals surface area contributed by atoms with Crippen molar-refractivity contribution in [2.24, 2.45) is 5.41 Å². The van der Waals surface area contributed by atoms with Crippen molar-refractivity contribution in [3.8, 4) is 0 Å². The maximum absolute atomic E-state index is 11.0. The van der Waals surface area contributed by atoms with Gasteiger partial charge in [-0.2, -0.15) is 0 Å². The van der Waals surface area contributed by atoms with Gasteiger partial charge in [-0.1, -0.05) is 12.8 Å². The number of hydrogen-bond acceptors (Lipinski definition) is 1. The summed E-state index contributed by atoms with van der Waals surface area (Å²) >= 11 is 5.83. The van der Waals surface area contributed by atoms with Crippen LogP contribution in [0.25, 0.3) is 0 Å². The van der Waals surface area contributed by atoms with Crippen molar-refractivity contribution in [1.82, 2.24) is 0 Å². The number of rotatable bonds is 3. The molecule has 1 atom stereocenters. The first-order valence-electron chi connectivity index (χ1n) is 4.44. The highest BCUT2D eigenvalue weighted by Crippen LogP contribution is 2.42. The fourth-order valence-corrected chi connectivity index (χ4v) is 2.39. The van der Waals surface area contributed by atoms with E-state index in [2.05, 4.69) is 0 Å². The molecule has 0 heterocycles. The molecule has 0 radical (unpaired) electrons. The highest BCUT2D eigenvalue weighted by molar-refractivity contribution is 6.20. The van der Waals surface area contributed by atoms with E-state index >= 15 is 0 Å². The largest absolute Gasteiger partial charge is 0.481 e. The number of halogens is 1. The molecule has 0 amide bonds. The molecule has 0 aliphatic heterocycles. The summed E-state index contributed by atoms with van der Waals surface area (Å²) in [4.78, 5) is 11.0. The van der Waals surface area contributed by atoms with Gasteiger partial charge in [0.15, 0.2) is 0 Å². The van der Waals surface area contributed by atoms with Gasteiger partial charge in [-0.25, -0.2) is 0 Å². The average Bonchev–Trinajstić information content (AvgIpc) is 2.35. The first-order chi connectivity index (χ1) is 5.57. The average molecular weight is 191 g/mol. The zero-order valence-corrected chi connectivity index (χ0v) is 8.10. The fraction of sp³-hybridized carbons (Fsp3) is 0.889. The summed E-state index contributed by atoms with van der Waals surface area (Å²) in [7, 11) is 0. The number of alkyl halides is 1. The summed E-state index contributed by atoms with van der Waals surface area (Å²) in [5.74, 6) is -0.660. The van der Waals surface area contributed by atoms with E-state index in [4.69, 9.17) is 16.7 Å². The SMILES string of the molecule is CC(Cl)CC1(C(=O)O)CCCC1. The summed E-state index contributed by atoms with van der Waals surface area (Å²) in [6.07, 6.45) is 4.30. The van der Waals surface area contributed by atoms with Crippen molar-refractivity contribution < 1.29 is 9.90 Å². The molecule has 12 heavy (non-hydrogen) atoms. The maximum Gasteiger partial charge on any atom is 0.309 e. The molecule has 0 saturated heterocycles. The molecule has 1 saturated carbocycles. The zero-order valence-electron chi connectivity index (χ0n) is 7.35. The second-order valence-corrected chi connectivity index (χ2v) is 4.52. The Kier molecular flexibility index (Phi) is 2.99. The third-order valence-electron chi connectivity index (χ3n) is 2.69. The molecule has 70 valence electrons. The lowest BCUT2D eigenvalue weighted by atomic mass is 9.82. The number of carboxylic acid groups (broad SMARTS) is 1. The molecule has 0 aromatic heterocycles. The van der Waals surface area contributed by atoms with Crippen LogP contribution in [-0.2, 0) is 4.79 Å². The van der Waals surface area contributed by atoms with E-state index in [1.54, 1.807) is 0 Å². The first kappa shape index (κ1) is 9.85. The summed E-state index contributed by atoms with van der Waals surface area (Å²) in [6, 6.07) is 0. The van der Waals surface area contributed by atoms with E-state index in [9.17, 15) is 4.79 Å². The van der Waals surface area contributed by atoms with Crippen molar-refractivity contribution in [2.45, 2.75) is 44.4 Å². The van der Waals surface area contributed by atoms with E-state index < -0.39 is 11.4 Å². The van der Waals surface area contributed by atoms with Crippen LogP contribution >= 0.6 is 11.6 Å². The fourth-order valence-electron chi connectivity index (χ4n) is 2.10. The highest BCUT2D eigenvalue weighted by Gasteiger charge is 2.41. The van der Waals surface area contributed by atoms with Gasteiger partial charge in [0.1, 0.15) is 0 Å². The van der Waals surface area contributed by atoms with Crippen LogP contribution in [0.2, 0.25) is 0 Å². The minimum atomic E-state index is -0.660. The molecule has 1 aliphatic carbocycles. The Labute approximate surface area is 77.9 Å². The lowest BCUT2D eigenvalue weighted by Crippen LogP contribution is -2.30. The van der Waals surface area contributed by atoms with E-state index in [1.165, 1.54) is 0 Å². The van der Waals surface area contributed by atoms with Crippen molar-refractivity contribution in [3.63, 3.8) is 0 Å². The molecule has 0 bridgehead atoms. The minimum Gasteiger partial charge on any atom is -0.481 e. The zero-order chi connectivity index (χ0) is 9.19. The van der Waals surface area contributed by atoms with Gasteiger partial charge in [0.05, 0.1) is 5.41 Å². The van der Waals surface area contributed by atoms with Gasteiger partial charge in [-0.15, -0.1) is 11.6 Å². The molecular weight excluding hydrogens is 176 g/mol. The minimum absolute atomic E-state index is 0.0285. The molecular formula is C9H15ClO2. The van der Waals surface area contributed by atoms with Crippen LogP contribution in [0.15, 0.2) is 0 Å². The van der Waals surface area contributed by atoms with Gasteiger partial charge in [0.2, 0.25) is 0 Å². The van der Waals surface area contributed by atoms with Crippen molar-refractivity contribution in [1.29, 1.82) is 0 Å². The second-order valence-electron chi connectivity index (χ2n) is 3.78. The molecule has 1 aliphatic rings. The number of carbonyl (C=O) groups is 1. The molecule has 1 unspecified atom stereocenters. The summed E-state index contributed by atoms with van der Waals surface area (Å²) < 4.78 is 0. The van der Waals surface area contributed by atoms with E-state index in [0.29, 0.717) is 6.42 Å². The van der Waals surface area contributed by atoms with Crippen LogP contribution in [0, 0.1) is 5.41 Å². The Morgan fingerprint density at radius 1 is 1.58 bits per heavy atom. The van der Waals surface area contributed by atoms with Gasteiger partial charge in [0.25, 0.3) is 0 Å². The van der Waals surface area contributed by atoms with Crippen LogP contribution in [0.5, 0.6) is 0 Å². The third-order valence-corrected chi connectivity index (χ3v) is 2.84. The second kappa shape index (κ2) is 3.65. The smallest absolute Gasteiger partial charge is 0.309 e. The van der Waals surface area contributed by atoms with Crippen LogP contribution in [0.1, 0.15) is 39.0 Å². The molecule has 2 nitrogen and oxygen atoms in total. The summed E-state index contributed by atoms with van der Waals surface area (Å²) in [5, 5.41) is 9.03. The Morgan fingerprint density at radius 2 is 2.08 bits per heavy atom. The summed E-state index contributed by atoms with van der Waals surface area (Å²) in [6.45, 7) is 1.87. The van der Waals surface area contributed by atoms with E-state index in [0.717, 1.165) is 25.7 Å². The normalized spacial score (nSPS) is 23.8. The number of carboxylic acids is 1. The van der Waals surface area contributed by atoms with Crippen LogP contribution in [-0.4, -0.2) is 16.5 Å². The first-order valence-corrected chi connectivity index (χ1v) is 4.88. The molecule has 0 aromatic carbocycles. The van der Waals surface area contributed by atoms with Crippen LogP contribution in [0.4, 0.5) is 0 Å². The van der Waals surface area contributed by atoms with Crippen molar-refractivity contribution in [3.05, 3.63) is 0 Å². The monoisotopic (exact) mass is 190 g/mol. The molecule has 1 rings (SSSR count). The molecule has 0 spiro atoms. The Hall–Kier alpha value is -0.240. The van der Waals surface area contributed by atoms with E-state index in [-0.39, 0.29) is 5.38 Å². The Balaban J connectivity index is 2.65. The lowest BCUT2D eigenvalue weighted by molar-refractivity contribution is -0.149. The van der Waals surface area contributed by atoms with Gasteiger partial charge in [-0.05, 0) is 26.2 Å². The van der Waals surface area contributed by atoms with Crippen molar-refractivity contribution in [2.75, 3.05) is 0 Å². The maximum atomic E-state index is 11.0. The predicted octanol–water partition coefficient (Wildman–Crippen LogP) is 2.65. The molecule has 1 N–H and O–H groups in total. The van der Waals surface area contributed by atoms with Crippen molar-refractivity contribution >= 4 is 17.6 Å². The van der Waals surface area contributed by atoms with Crippen LogP contribution in [0.3, 0.4) is 0 Å². The van der Waals surface area contributed by atoms with E-state index in [1.807, 2.05) is 6.92 Å². The molecule has 0 aromatic rings. The van der Waals surface area contributed by atoms with Crippen LogP contribution < -0.4 is 0 Å². The molecule has 1 fully saturated rings. The lowest BCUT2D eigenvalue weighted by Gasteiger charge is -2.24. The quantitative estimate of drug-likeness (QED) is 0.695. The predicted molar refractivity (Wildman–Crippen MR) is 48.5 cm³/mol. The Bertz CT molecular complexity index is 171. The molecule has 3 heteroatoms. The Morgan fingerprint density at radius 3 is 2.42 bits per heavy atom. The summed E-state index contributed by atoms with van der Waals surface area (Å²) in [5.41, 5.74) is -0.499. The topological polar surface area (TPSA) is 37.3 Å². The number of hydrogen-bond donors (Lipinski definition) is 1. The highest BCUT2D eigenvalue weighted by atomic mass is 35.5. The van der Waals surface area contributed by atoms with Gasteiger partial charge in [0, 0.05) is 5.38 Å². The van der Waals surface area contributed by atoms with Gasteiger partial charge in [-0.3, -0.25) is 4.79 Å². The number of aliphatic carboxylic acids is 1. The van der Waals surface area contributed by atoms with Gasteiger partial charge >= 0.3 is 5.97 Å². The third kappa shape index (κ3) is 1.92. The standard InChI is InChI=1S/C9H15ClO2/c1-7(10)6-9(8(11)12)4-2-3-5-9/h7H,2-6H2,1H3,(H,11,12).